The summed E-state index contributed by atoms with van der Waals surface area (Å²) >= 11 is 6.05. The van der Waals surface area contributed by atoms with Crippen LogP contribution in [0.4, 0.5) is 11.4 Å². The van der Waals surface area contributed by atoms with E-state index in [0.29, 0.717) is 24.2 Å². The van der Waals surface area contributed by atoms with Gasteiger partial charge in [-0.15, -0.1) is 0 Å². The Labute approximate surface area is 188 Å². The summed E-state index contributed by atoms with van der Waals surface area (Å²) in [5.41, 5.74) is 3.24. The predicted molar refractivity (Wildman–Crippen MR) is 124 cm³/mol. The third kappa shape index (κ3) is 5.03. The minimum absolute atomic E-state index is 0.115. The van der Waals surface area contributed by atoms with Crippen LogP contribution in [0.1, 0.15) is 56.4 Å². The summed E-state index contributed by atoms with van der Waals surface area (Å²) in [6.45, 7) is 5.44. The molecule has 0 aromatic heterocycles. The molecular formula is C24H30ClN3O3. The maximum atomic E-state index is 11.6. The molecule has 31 heavy (non-hydrogen) atoms. The van der Waals surface area contributed by atoms with Gasteiger partial charge >= 0.3 is 0 Å². The van der Waals surface area contributed by atoms with Crippen molar-refractivity contribution in [3.05, 3.63) is 68.7 Å². The van der Waals surface area contributed by atoms with Crippen molar-refractivity contribution in [2.45, 2.75) is 57.8 Å². The van der Waals surface area contributed by atoms with E-state index in [1.54, 1.807) is 12.1 Å². The highest BCUT2D eigenvalue weighted by Crippen LogP contribution is 2.39. The Morgan fingerprint density at radius 1 is 1.13 bits per heavy atom. The molecule has 7 heteroatoms. The minimum atomic E-state index is -0.312. The zero-order valence-electron chi connectivity index (χ0n) is 18.0. The van der Waals surface area contributed by atoms with Crippen molar-refractivity contribution in [1.29, 1.82) is 0 Å². The van der Waals surface area contributed by atoms with Gasteiger partial charge in [0.05, 0.1) is 11.5 Å². The normalized spacial score (nSPS) is 22.5. The Morgan fingerprint density at radius 2 is 1.94 bits per heavy atom. The lowest BCUT2D eigenvalue weighted by Crippen LogP contribution is -2.42. The monoisotopic (exact) mass is 443 g/mol. The minimum Gasteiger partial charge on any atom is -0.368 e. The van der Waals surface area contributed by atoms with Gasteiger partial charge in [0.25, 0.3) is 5.69 Å². The largest absolute Gasteiger partial charge is 0.368 e. The molecule has 2 atom stereocenters. The zero-order valence-corrected chi connectivity index (χ0v) is 18.8. The van der Waals surface area contributed by atoms with Crippen LogP contribution < -0.4 is 4.90 Å². The molecule has 2 fully saturated rings. The molecule has 2 aliphatic heterocycles. The first-order valence-corrected chi connectivity index (χ1v) is 11.6. The van der Waals surface area contributed by atoms with E-state index >= 15 is 0 Å². The van der Waals surface area contributed by atoms with E-state index < -0.39 is 0 Å². The molecule has 2 aromatic rings. The summed E-state index contributed by atoms with van der Waals surface area (Å²) < 4.78 is 6.26. The average molecular weight is 444 g/mol. The molecule has 2 aromatic carbocycles. The van der Waals surface area contributed by atoms with E-state index in [9.17, 15) is 10.1 Å². The van der Waals surface area contributed by atoms with E-state index in [1.807, 2.05) is 30.3 Å². The van der Waals surface area contributed by atoms with Gasteiger partial charge in [0.1, 0.15) is 6.23 Å². The third-order valence-electron chi connectivity index (χ3n) is 6.39. The summed E-state index contributed by atoms with van der Waals surface area (Å²) in [6.07, 6.45) is 5.24. The Morgan fingerprint density at radius 3 is 2.68 bits per heavy atom. The van der Waals surface area contributed by atoms with Gasteiger partial charge < -0.3 is 9.64 Å². The van der Waals surface area contributed by atoms with Crippen LogP contribution in [-0.4, -0.2) is 35.6 Å². The third-order valence-corrected chi connectivity index (χ3v) is 6.64. The lowest BCUT2D eigenvalue weighted by molar-refractivity contribution is -0.385. The molecule has 6 nitrogen and oxygen atoms in total. The molecule has 0 spiro atoms. The van der Waals surface area contributed by atoms with Crippen LogP contribution in [0.5, 0.6) is 0 Å². The SMILES string of the molecule is CC[C@@H]1CCCCN1c1ccc([N+](=O)[O-])cc1[C@H]1OCCCN1Cc1ccc(Cl)cc1. The number of ether oxygens (including phenoxy) is 1. The molecular weight excluding hydrogens is 414 g/mol. The van der Waals surface area contributed by atoms with Crippen molar-refractivity contribution in [3.63, 3.8) is 0 Å². The van der Waals surface area contributed by atoms with Gasteiger partial charge in [0, 0.05) is 54.1 Å². The van der Waals surface area contributed by atoms with Gasteiger partial charge in [-0.05, 0) is 55.9 Å². The van der Waals surface area contributed by atoms with Crippen LogP contribution in [0.15, 0.2) is 42.5 Å². The summed E-state index contributed by atoms with van der Waals surface area (Å²) in [5, 5.41) is 12.3. The maximum Gasteiger partial charge on any atom is 0.270 e. The van der Waals surface area contributed by atoms with E-state index in [0.717, 1.165) is 55.6 Å². The zero-order chi connectivity index (χ0) is 21.8. The van der Waals surface area contributed by atoms with Gasteiger partial charge in [-0.1, -0.05) is 30.7 Å². The number of hydrogen-bond donors (Lipinski definition) is 0. The lowest BCUT2D eigenvalue weighted by atomic mass is 9.97. The number of benzene rings is 2. The van der Waals surface area contributed by atoms with Crippen molar-refractivity contribution in [3.8, 4) is 0 Å². The molecule has 0 amide bonds. The standard InChI is InChI=1S/C24H30ClN3O3/c1-2-20-6-3-4-14-27(20)23-12-11-21(28(29)30)16-22(23)24-26(13-5-15-31-24)17-18-7-9-19(25)10-8-18/h7-12,16,20,24H,2-6,13-15,17H2,1H3/t20-,24-/m1/s1. The van der Waals surface area contributed by atoms with Crippen LogP contribution in [0, 0.1) is 10.1 Å². The number of nitro benzene ring substituents is 1. The van der Waals surface area contributed by atoms with Crippen molar-refractivity contribution < 1.29 is 9.66 Å². The van der Waals surface area contributed by atoms with Gasteiger partial charge in [0.2, 0.25) is 0 Å². The predicted octanol–water partition coefficient (Wildman–Crippen LogP) is 5.94. The molecule has 0 N–H and O–H groups in total. The van der Waals surface area contributed by atoms with Crippen LogP contribution in [0.25, 0.3) is 0 Å². The van der Waals surface area contributed by atoms with Crippen LogP contribution in [0.2, 0.25) is 5.02 Å². The fraction of sp³-hybridized carbons (Fsp3) is 0.500. The second-order valence-corrected chi connectivity index (χ2v) is 8.86. The molecule has 2 heterocycles. The van der Waals surface area contributed by atoms with E-state index in [-0.39, 0.29) is 16.8 Å². The van der Waals surface area contributed by atoms with Crippen LogP contribution >= 0.6 is 11.6 Å². The molecule has 2 aliphatic rings. The number of rotatable bonds is 6. The van der Waals surface area contributed by atoms with E-state index in [4.69, 9.17) is 16.3 Å². The Kier molecular flexibility index (Phi) is 7.10. The van der Waals surface area contributed by atoms with Crippen molar-refractivity contribution in [2.24, 2.45) is 0 Å². The summed E-state index contributed by atoms with van der Waals surface area (Å²) in [5.74, 6) is 0. The Hall–Kier alpha value is -2.15. The number of anilines is 1. The van der Waals surface area contributed by atoms with Gasteiger partial charge in [-0.3, -0.25) is 15.0 Å². The fourth-order valence-electron chi connectivity index (χ4n) is 4.82. The highest BCUT2D eigenvalue weighted by atomic mass is 35.5. The highest BCUT2D eigenvalue weighted by molar-refractivity contribution is 6.30. The molecule has 0 bridgehead atoms. The number of piperidine rings is 1. The summed E-state index contributed by atoms with van der Waals surface area (Å²) in [4.78, 5) is 16.0. The maximum absolute atomic E-state index is 11.6. The number of nitrogens with zero attached hydrogens (tertiary/aromatic N) is 3. The molecule has 166 valence electrons. The molecule has 0 saturated carbocycles. The fourth-order valence-corrected chi connectivity index (χ4v) is 4.94. The highest BCUT2D eigenvalue weighted by Gasteiger charge is 2.32. The summed E-state index contributed by atoms with van der Waals surface area (Å²) in [7, 11) is 0. The second kappa shape index (κ2) is 9.98. The number of halogens is 1. The number of nitro groups is 1. The van der Waals surface area contributed by atoms with Gasteiger partial charge in [-0.2, -0.15) is 0 Å². The van der Waals surface area contributed by atoms with Crippen LogP contribution in [0.3, 0.4) is 0 Å². The summed E-state index contributed by atoms with van der Waals surface area (Å²) in [6, 6.07) is 13.6. The Bertz CT molecular complexity index is 905. The van der Waals surface area contributed by atoms with Gasteiger partial charge in [-0.25, -0.2) is 0 Å². The van der Waals surface area contributed by atoms with E-state index in [2.05, 4.69) is 16.7 Å². The first-order chi connectivity index (χ1) is 15.1. The molecule has 0 unspecified atom stereocenters. The second-order valence-electron chi connectivity index (χ2n) is 8.43. The molecule has 2 saturated heterocycles. The first-order valence-electron chi connectivity index (χ1n) is 11.2. The average Bonchev–Trinajstić information content (AvgIpc) is 2.80. The number of hydrogen-bond acceptors (Lipinski definition) is 5. The smallest absolute Gasteiger partial charge is 0.270 e. The molecule has 0 radical (unpaired) electrons. The van der Waals surface area contributed by atoms with Crippen molar-refractivity contribution in [1.82, 2.24) is 4.90 Å². The molecule has 0 aliphatic carbocycles. The first kappa shape index (κ1) is 22.1. The van der Waals surface area contributed by atoms with Crippen LogP contribution in [-0.2, 0) is 11.3 Å². The van der Waals surface area contributed by atoms with E-state index in [1.165, 1.54) is 6.42 Å². The molecule has 4 rings (SSSR count). The number of non-ortho nitro benzene ring substituents is 1. The quantitative estimate of drug-likeness (QED) is 0.408. The topological polar surface area (TPSA) is 58.9 Å². The van der Waals surface area contributed by atoms with Crippen molar-refractivity contribution >= 4 is 23.0 Å². The van der Waals surface area contributed by atoms with Gasteiger partial charge in [0.15, 0.2) is 0 Å². The lowest BCUT2D eigenvalue weighted by Gasteiger charge is -2.42. The Balaban J connectivity index is 1.71. The van der Waals surface area contributed by atoms with Crippen molar-refractivity contribution in [2.75, 3.05) is 24.6 Å².